The zero-order valence-electron chi connectivity index (χ0n) is 19.4. The molecule has 0 bridgehead atoms. The van der Waals surface area contributed by atoms with Gasteiger partial charge < -0.3 is 5.32 Å². The number of allylic oxidation sites excluding steroid dienone is 1. The van der Waals surface area contributed by atoms with Crippen molar-refractivity contribution in [3.05, 3.63) is 100 Å². The molecule has 0 unspecified atom stereocenters. The molecule has 6 heteroatoms. The van der Waals surface area contributed by atoms with Gasteiger partial charge in [-0.25, -0.2) is 4.98 Å². The Balaban J connectivity index is 2.22. The minimum atomic E-state index is -0.201. The van der Waals surface area contributed by atoms with Gasteiger partial charge in [0.2, 0.25) is 5.91 Å². The van der Waals surface area contributed by atoms with E-state index >= 15 is 0 Å². The van der Waals surface area contributed by atoms with Gasteiger partial charge in [-0.1, -0.05) is 61.9 Å². The van der Waals surface area contributed by atoms with Crippen LogP contribution in [0, 0.1) is 0 Å². The fraction of sp³-hybridized carbons (Fsp3) is 0.179. The summed E-state index contributed by atoms with van der Waals surface area (Å²) in [6, 6.07) is 18.7. The molecule has 1 heterocycles. The maximum atomic E-state index is 14.2. The van der Waals surface area contributed by atoms with E-state index in [1.54, 1.807) is 22.8 Å². The van der Waals surface area contributed by atoms with Crippen LogP contribution in [0.4, 0.5) is 5.69 Å². The van der Waals surface area contributed by atoms with E-state index in [-0.39, 0.29) is 17.4 Å². The minimum absolute atomic E-state index is 0.0164. The van der Waals surface area contributed by atoms with E-state index in [2.05, 4.69) is 11.9 Å². The smallest absolute Gasteiger partial charge is 0.266 e. The number of halogens is 1. The SMILES string of the molecule is C=CCc1c(NC(C)=O)cc(-c2ccc(Cl)cc2)c2c(=O)n(-c3ccccc3)c(C(C)C)nc12. The lowest BCUT2D eigenvalue weighted by molar-refractivity contribution is -0.114. The maximum absolute atomic E-state index is 14.2. The number of fused-ring (bicyclic) bond motifs is 1. The molecule has 1 amide bonds. The highest BCUT2D eigenvalue weighted by molar-refractivity contribution is 6.30. The molecule has 0 atom stereocenters. The number of carbonyl (C=O) groups is 1. The van der Waals surface area contributed by atoms with Crippen LogP contribution < -0.4 is 10.9 Å². The maximum Gasteiger partial charge on any atom is 0.266 e. The predicted molar refractivity (Wildman–Crippen MR) is 140 cm³/mol. The van der Waals surface area contributed by atoms with E-state index < -0.39 is 0 Å². The zero-order chi connectivity index (χ0) is 24.4. The summed E-state index contributed by atoms with van der Waals surface area (Å²) >= 11 is 6.13. The van der Waals surface area contributed by atoms with Gasteiger partial charge in [-0.2, -0.15) is 0 Å². The monoisotopic (exact) mass is 471 g/mol. The van der Waals surface area contributed by atoms with Crippen LogP contribution in [-0.2, 0) is 11.2 Å². The number of aromatic nitrogens is 2. The lowest BCUT2D eigenvalue weighted by Crippen LogP contribution is -2.26. The Morgan fingerprint density at radius 2 is 1.82 bits per heavy atom. The molecule has 1 aromatic heterocycles. The molecule has 0 fully saturated rings. The van der Waals surface area contributed by atoms with Crippen molar-refractivity contribution < 1.29 is 4.79 Å². The van der Waals surface area contributed by atoms with Gasteiger partial charge >= 0.3 is 0 Å². The number of hydrogen-bond acceptors (Lipinski definition) is 3. The highest BCUT2D eigenvalue weighted by Gasteiger charge is 2.22. The van der Waals surface area contributed by atoms with E-state index in [4.69, 9.17) is 16.6 Å². The number of anilines is 1. The molecule has 34 heavy (non-hydrogen) atoms. The van der Waals surface area contributed by atoms with Gasteiger partial charge in [0.25, 0.3) is 5.56 Å². The Bertz CT molecular complexity index is 1440. The van der Waals surface area contributed by atoms with Gasteiger partial charge in [-0.05, 0) is 47.9 Å². The van der Waals surface area contributed by atoms with E-state index in [0.29, 0.717) is 39.4 Å². The Morgan fingerprint density at radius 3 is 2.41 bits per heavy atom. The summed E-state index contributed by atoms with van der Waals surface area (Å²) in [4.78, 5) is 31.3. The molecule has 0 saturated heterocycles. The summed E-state index contributed by atoms with van der Waals surface area (Å²) in [6.45, 7) is 9.37. The number of carbonyl (C=O) groups excluding carboxylic acids is 1. The molecule has 4 rings (SSSR count). The first-order valence-electron chi connectivity index (χ1n) is 11.1. The second kappa shape index (κ2) is 9.65. The number of benzene rings is 3. The molecule has 3 aromatic carbocycles. The fourth-order valence-electron chi connectivity index (χ4n) is 4.15. The zero-order valence-corrected chi connectivity index (χ0v) is 20.2. The standard InChI is InChI=1S/C28H26ClN3O2/c1-5-9-22-24(30-18(4)33)16-23(19-12-14-20(29)15-13-19)25-26(22)31-27(17(2)3)32(28(25)34)21-10-7-6-8-11-21/h5-8,10-17H,1,9H2,2-4H3,(H,30,33). The number of nitrogens with one attached hydrogen (secondary N) is 1. The molecule has 1 N–H and O–H groups in total. The van der Waals surface area contributed by atoms with Crippen LogP contribution in [0.5, 0.6) is 0 Å². The topological polar surface area (TPSA) is 64.0 Å². The first kappa shape index (κ1) is 23.5. The molecule has 0 spiro atoms. The minimum Gasteiger partial charge on any atom is -0.326 e. The lowest BCUT2D eigenvalue weighted by Gasteiger charge is -2.21. The molecule has 0 aliphatic heterocycles. The van der Waals surface area contributed by atoms with Crippen molar-refractivity contribution in [2.75, 3.05) is 5.32 Å². The second-order valence-corrected chi connectivity index (χ2v) is 8.89. The first-order chi connectivity index (χ1) is 16.3. The fourth-order valence-corrected chi connectivity index (χ4v) is 4.28. The molecule has 0 radical (unpaired) electrons. The van der Waals surface area contributed by atoms with Crippen molar-refractivity contribution in [2.45, 2.75) is 33.1 Å². The number of nitrogens with zero attached hydrogens (tertiary/aromatic N) is 2. The third-order valence-corrected chi connectivity index (χ3v) is 5.88. The van der Waals surface area contributed by atoms with Crippen molar-refractivity contribution in [3.63, 3.8) is 0 Å². The number of para-hydroxylation sites is 1. The van der Waals surface area contributed by atoms with Gasteiger partial charge in [0.1, 0.15) is 5.82 Å². The van der Waals surface area contributed by atoms with Gasteiger partial charge in [-0.3, -0.25) is 14.2 Å². The number of amides is 1. The van der Waals surface area contributed by atoms with Crippen molar-refractivity contribution in [1.82, 2.24) is 9.55 Å². The Hall–Kier alpha value is -3.70. The average Bonchev–Trinajstić information content (AvgIpc) is 2.81. The Morgan fingerprint density at radius 1 is 1.15 bits per heavy atom. The quantitative estimate of drug-likeness (QED) is 0.326. The van der Waals surface area contributed by atoms with Crippen molar-refractivity contribution >= 4 is 34.1 Å². The first-order valence-corrected chi connectivity index (χ1v) is 11.5. The van der Waals surface area contributed by atoms with E-state index in [1.807, 2.05) is 62.4 Å². The highest BCUT2D eigenvalue weighted by atomic mass is 35.5. The summed E-state index contributed by atoms with van der Waals surface area (Å²) in [5, 5.41) is 4.01. The van der Waals surface area contributed by atoms with Crippen LogP contribution >= 0.6 is 11.6 Å². The van der Waals surface area contributed by atoms with Gasteiger partial charge in [-0.15, -0.1) is 6.58 Å². The third-order valence-electron chi connectivity index (χ3n) is 5.62. The normalized spacial score (nSPS) is 11.1. The average molecular weight is 472 g/mol. The second-order valence-electron chi connectivity index (χ2n) is 8.46. The van der Waals surface area contributed by atoms with E-state index in [9.17, 15) is 9.59 Å². The molecule has 5 nitrogen and oxygen atoms in total. The van der Waals surface area contributed by atoms with E-state index in [0.717, 1.165) is 16.8 Å². The molecule has 0 aliphatic rings. The van der Waals surface area contributed by atoms with Crippen LogP contribution in [-0.4, -0.2) is 15.5 Å². The summed E-state index contributed by atoms with van der Waals surface area (Å²) in [7, 11) is 0. The highest BCUT2D eigenvalue weighted by Crippen LogP contribution is 2.35. The third kappa shape index (κ3) is 4.39. The Kier molecular flexibility index (Phi) is 6.66. The summed E-state index contributed by atoms with van der Waals surface area (Å²) in [5.41, 5.74) is 4.02. The molecule has 0 saturated carbocycles. The molecular formula is C28H26ClN3O2. The largest absolute Gasteiger partial charge is 0.326 e. The predicted octanol–water partition coefficient (Wildman–Crippen LogP) is 6.52. The molecule has 172 valence electrons. The van der Waals surface area contributed by atoms with Gasteiger partial charge in [0, 0.05) is 29.1 Å². The molecule has 0 aliphatic carbocycles. The van der Waals surface area contributed by atoms with Gasteiger partial charge in [0.05, 0.1) is 16.6 Å². The van der Waals surface area contributed by atoms with Crippen molar-refractivity contribution in [3.8, 4) is 16.8 Å². The lowest BCUT2D eigenvalue weighted by atomic mass is 9.95. The molecular weight excluding hydrogens is 446 g/mol. The Labute approximate surface area is 203 Å². The van der Waals surface area contributed by atoms with Crippen molar-refractivity contribution in [2.24, 2.45) is 0 Å². The number of rotatable bonds is 6. The van der Waals surface area contributed by atoms with Crippen LogP contribution in [0.25, 0.3) is 27.7 Å². The summed E-state index contributed by atoms with van der Waals surface area (Å²) < 4.78 is 1.68. The van der Waals surface area contributed by atoms with Gasteiger partial charge in [0.15, 0.2) is 0 Å². The van der Waals surface area contributed by atoms with E-state index in [1.165, 1.54) is 6.92 Å². The van der Waals surface area contributed by atoms with Crippen LogP contribution in [0.15, 0.2) is 78.1 Å². The molecule has 4 aromatic rings. The summed E-state index contributed by atoms with van der Waals surface area (Å²) in [5.74, 6) is 0.432. The van der Waals surface area contributed by atoms with Crippen LogP contribution in [0.1, 0.15) is 38.1 Å². The van der Waals surface area contributed by atoms with Crippen LogP contribution in [0.2, 0.25) is 5.02 Å². The number of hydrogen-bond donors (Lipinski definition) is 1. The van der Waals surface area contributed by atoms with Crippen LogP contribution in [0.3, 0.4) is 0 Å². The summed E-state index contributed by atoms with van der Waals surface area (Å²) in [6.07, 6.45) is 2.20. The van der Waals surface area contributed by atoms with Crippen molar-refractivity contribution in [1.29, 1.82) is 0 Å².